The Balaban J connectivity index is 2.02. The standard InChI is InChI=1S/C14H19N3O2/c1-9(2)14-15-11-7-10(8-12(18)13(11)16-14)17-3-5-19-6-4-17/h7-9,18H,3-6H2,1-2H3,(H,15,16). The Morgan fingerprint density at radius 2 is 2.05 bits per heavy atom. The number of phenols is 1. The van der Waals surface area contributed by atoms with E-state index in [0.29, 0.717) is 11.4 Å². The highest BCUT2D eigenvalue weighted by Crippen LogP contribution is 2.31. The first-order valence-electron chi connectivity index (χ1n) is 6.70. The summed E-state index contributed by atoms with van der Waals surface area (Å²) in [4.78, 5) is 9.96. The molecular weight excluding hydrogens is 242 g/mol. The number of nitrogens with zero attached hydrogens (tertiary/aromatic N) is 2. The van der Waals surface area contributed by atoms with Crippen LogP contribution in [-0.2, 0) is 4.74 Å². The normalized spacial score (nSPS) is 16.5. The summed E-state index contributed by atoms with van der Waals surface area (Å²) in [5, 5.41) is 10.1. The fourth-order valence-corrected chi connectivity index (χ4v) is 2.38. The van der Waals surface area contributed by atoms with E-state index in [9.17, 15) is 5.11 Å². The van der Waals surface area contributed by atoms with E-state index in [0.717, 1.165) is 43.3 Å². The van der Waals surface area contributed by atoms with E-state index in [1.807, 2.05) is 0 Å². The first-order chi connectivity index (χ1) is 9.15. The molecule has 2 aromatic rings. The molecule has 2 N–H and O–H groups in total. The minimum atomic E-state index is 0.238. The Labute approximate surface area is 112 Å². The number of aromatic hydroxyl groups is 1. The van der Waals surface area contributed by atoms with E-state index < -0.39 is 0 Å². The van der Waals surface area contributed by atoms with Gasteiger partial charge in [0.05, 0.1) is 18.7 Å². The molecule has 19 heavy (non-hydrogen) atoms. The summed E-state index contributed by atoms with van der Waals surface area (Å²) in [5.74, 6) is 1.46. The minimum Gasteiger partial charge on any atom is -0.506 e. The van der Waals surface area contributed by atoms with Gasteiger partial charge in [-0.2, -0.15) is 0 Å². The number of H-pyrrole nitrogens is 1. The molecule has 0 radical (unpaired) electrons. The Kier molecular flexibility index (Phi) is 3.06. The lowest BCUT2D eigenvalue weighted by molar-refractivity contribution is 0.122. The molecule has 1 saturated heterocycles. The highest BCUT2D eigenvalue weighted by Gasteiger charge is 2.16. The van der Waals surface area contributed by atoms with Crippen LogP contribution in [0.25, 0.3) is 11.0 Å². The molecule has 102 valence electrons. The fraction of sp³-hybridized carbons (Fsp3) is 0.500. The molecule has 0 bridgehead atoms. The van der Waals surface area contributed by atoms with Crippen LogP contribution in [0.1, 0.15) is 25.6 Å². The first kappa shape index (κ1) is 12.3. The van der Waals surface area contributed by atoms with Crippen LogP contribution < -0.4 is 4.90 Å². The van der Waals surface area contributed by atoms with Gasteiger partial charge in [0.2, 0.25) is 0 Å². The molecule has 0 atom stereocenters. The summed E-state index contributed by atoms with van der Waals surface area (Å²) >= 11 is 0. The van der Waals surface area contributed by atoms with Crippen molar-refractivity contribution >= 4 is 16.7 Å². The number of hydrogen-bond acceptors (Lipinski definition) is 4. The van der Waals surface area contributed by atoms with E-state index >= 15 is 0 Å². The minimum absolute atomic E-state index is 0.238. The molecule has 1 aliphatic heterocycles. The zero-order chi connectivity index (χ0) is 13.4. The quantitative estimate of drug-likeness (QED) is 0.870. The Hall–Kier alpha value is -1.75. The number of anilines is 1. The van der Waals surface area contributed by atoms with Gasteiger partial charge in [0.25, 0.3) is 0 Å². The zero-order valence-corrected chi connectivity index (χ0v) is 11.3. The van der Waals surface area contributed by atoms with Crippen LogP contribution in [0.2, 0.25) is 0 Å². The van der Waals surface area contributed by atoms with Gasteiger partial charge in [0, 0.05) is 30.8 Å². The van der Waals surface area contributed by atoms with Gasteiger partial charge in [-0.3, -0.25) is 0 Å². The smallest absolute Gasteiger partial charge is 0.145 e. The number of hydrogen-bond donors (Lipinski definition) is 2. The van der Waals surface area contributed by atoms with E-state index in [4.69, 9.17) is 4.74 Å². The topological polar surface area (TPSA) is 61.4 Å². The number of imidazole rings is 1. The lowest BCUT2D eigenvalue weighted by Crippen LogP contribution is -2.36. The third-order valence-electron chi connectivity index (χ3n) is 3.49. The molecule has 2 heterocycles. The lowest BCUT2D eigenvalue weighted by Gasteiger charge is -2.28. The summed E-state index contributed by atoms with van der Waals surface area (Å²) in [7, 11) is 0. The monoisotopic (exact) mass is 261 g/mol. The van der Waals surface area contributed by atoms with Crippen LogP contribution in [0.4, 0.5) is 5.69 Å². The van der Waals surface area contributed by atoms with Gasteiger partial charge >= 0.3 is 0 Å². The maximum atomic E-state index is 10.1. The second-order valence-corrected chi connectivity index (χ2v) is 5.24. The molecule has 1 aromatic carbocycles. The number of ether oxygens (including phenoxy) is 1. The zero-order valence-electron chi connectivity index (χ0n) is 11.3. The third kappa shape index (κ3) is 2.26. The maximum Gasteiger partial charge on any atom is 0.145 e. The molecule has 0 aliphatic carbocycles. The Bertz CT molecular complexity index is 586. The number of nitrogens with one attached hydrogen (secondary N) is 1. The first-order valence-corrected chi connectivity index (χ1v) is 6.70. The van der Waals surface area contributed by atoms with Crippen LogP contribution in [0.3, 0.4) is 0 Å². The van der Waals surface area contributed by atoms with Crippen molar-refractivity contribution in [3.05, 3.63) is 18.0 Å². The van der Waals surface area contributed by atoms with Crippen molar-refractivity contribution in [2.45, 2.75) is 19.8 Å². The largest absolute Gasteiger partial charge is 0.506 e. The number of benzene rings is 1. The lowest BCUT2D eigenvalue weighted by atomic mass is 10.2. The molecule has 0 amide bonds. The van der Waals surface area contributed by atoms with E-state index in [-0.39, 0.29) is 5.75 Å². The third-order valence-corrected chi connectivity index (χ3v) is 3.49. The van der Waals surface area contributed by atoms with Gasteiger partial charge in [-0.25, -0.2) is 4.98 Å². The van der Waals surface area contributed by atoms with Gasteiger partial charge in [-0.05, 0) is 6.07 Å². The van der Waals surface area contributed by atoms with Crippen LogP contribution in [0.5, 0.6) is 5.75 Å². The highest BCUT2D eigenvalue weighted by atomic mass is 16.5. The molecule has 5 heteroatoms. The van der Waals surface area contributed by atoms with Crippen molar-refractivity contribution in [3.8, 4) is 5.75 Å². The van der Waals surface area contributed by atoms with E-state index in [1.165, 1.54) is 0 Å². The predicted molar refractivity (Wildman–Crippen MR) is 74.9 cm³/mol. The number of fused-ring (bicyclic) bond motifs is 1. The number of rotatable bonds is 2. The Morgan fingerprint density at radius 3 is 2.74 bits per heavy atom. The van der Waals surface area contributed by atoms with Gasteiger partial charge in [0.1, 0.15) is 17.1 Å². The van der Waals surface area contributed by atoms with Crippen molar-refractivity contribution in [2.75, 3.05) is 31.2 Å². The summed E-state index contributed by atoms with van der Waals surface area (Å²) in [5.41, 5.74) is 2.57. The molecule has 3 rings (SSSR count). The van der Waals surface area contributed by atoms with E-state index in [1.54, 1.807) is 6.07 Å². The molecule has 1 fully saturated rings. The van der Waals surface area contributed by atoms with Crippen LogP contribution in [0.15, 0.2) is 12.1 Å². The number of morpholine rings is 1. The summed E-state index contributed by atoms with van der Waals surface area (Å²) in [6.45, 7) is 7.35. The highest BCUT2D eigenvalue weighted by molar-refractivity contribution is 5.85. The molecular formula is C14H19N3O2. The van der Waals surface area contributed by atoms with Crippen molar-refractivity contribution < 1.29 is 9.84 Å². The number of phenolic OH excluding ortho intramolecular Hbond substituents is 1. The molecule has 5 nitrogen and oxygen atoms in total. The summed E-state index contributed by atoms with van der Waals surface area (Å²) in [6.07, 6.45) is 0. The second-order valence-electron chi connectivity index (χ2n) is 5.24. The van der Waals surface area contributed by atoms with Gasteiger partial charge in [-0.1, -0.05) is 13.8 Å². The van der Waals surface area contributed by atoms with Gasteiger partial charge < -0.3 is 19.7 Å². The average molecular weight is 261 g/mol. The van der Waals surface area contributed by atoms with Crippen molar-refractivity contribution in [1.82, 2.24) is 9.97 Å². The summed E-state index contributed by atoms with van der Waals surface area (Å²) < 4.78 is 5.35. The van der Waals surface area contributed by atoms with Crippen molar-refractivity contribution in [3.63, 3.8) is 0 Å². The average Bonchev–Trinajstić information content (AvgIpc) is 2.84. The molecule has 1 aromatic heterocycles. The molecule has 0 unspecified atom stereocenters. The van der Waals surface area contributed by atoms with Crippen molar-refractivity contribution in [1.29, 1.82) is 0 Å². The van der Waals surface area contributed by atoms with Crippen molar-refractivity contribution in [2.24, 2.45) is 0 Å². The Morgan fingerprint density at radius 1 is 1.32 bits per heavy atom. The predicted octanol–water partition coefficient (Wildman–Crippen LogP) is 2.23. The van der Waals surface area contributed by atoms with Crippen LogP contribution in [0, 0.1) is 0 Å². The number of aromatic amines is 1. The number of aromatic nitrogens is 2. The van der Waals surface area contributed by atoms with Crippen LogP contribution >= 0.6 is 0 Å². The van der Waals surface area contributed by atoms with Gasteiger partial charge in [-0.15, -0.1) is 0 Å². The fourth-order valence-electron chi connectivity index (χ4n) is 2.38. The van der Waals surface area contributed by atoms with Gasteiger partial charge in [0.15, 0.2) is 0 Å². The molecule has 0 spiro atoms. The second kappa shape index (κ2) is 4.74. The molecule has 0 saturated carbocycles. The maximum absolute atomic E-state index is 10.1. The van der Waals surface area contributed by atoms with E-state index in [2.05, 4.69) is 34.8 Å². The van der Waals surface area contributed by atoms with Crippen LogP contribution in [-0.4, -0.2) is 41.4 Å². The SMILES string of the molecule is CC(C)c1nc2c(O)cc(N3CCOCC3)cc2[nH]1. The molecule has 1 aliphatic rings. The summed E-state index contributed by atoms with van der Waals surface area (Å²) in [6, 6.07) is 3.85.